The minimum atomic E-state index is -3.93. The number of ether oxygens (including phenoxy) is 2. The van der Waals surface area contributed by atoms with Gasteiger partial charge < -0.3 is 14.8 Å². The molecule has 2 rings (SSSR count). The molecule has 0 atom stereocenters. The van der Waals surface area contributed by atoms with Crippen LogP contribution in [0.4, 0.5) is 5.69 Å². The summed E-state index contributed by atoms with van der Waals surface area (Å²) in [5.41, 5.74) is 0.377. The third-order valence-corrected chi connectivity index (χ3v) is 4.85. The third-order valence-electron chi connectivity index (χ3n) is 3.49. The second kappa shape index (κ2) is 8.39. The average Bonchev–Trinajstić information content (AvgIpc) is 2.65. The molecular formula is C18H20N2O5S. The summed E-state index contributed by atoms with van der Waals surface area (Å²) in [7, 11) is -1.05. The molecule has 8 heteroatoms. The van der Waals surface area contributed by atoms with Gasteiger partial charge in [0.05, 0.1) is 30.4 Å². The lowest BCUT2D eigenvalue weighted by Crippen LogP contribution is -2.25. The summed E-state index contributed by atoms with van der Waals surface area (Å²) in [4.78, 5) is 12.2. The van der Waals surface area contributed by atoms with E-state index in [1.165, 1.54) is 50.6 Å². The first-order valence-corrected chi connectivity index (χ1v) is 9.14. The fourth-order valence-electron chi connectivity index (χ4n) is 2.22. The third kappa shape index (κ3) is 4.34. The van der Waals surface area contributed by atoms with Crippen LogP contribution in [0.5, 0.6) is 11.5 Å². The zero-order valence-corrected chi connectivity index (χ0v) is 15.3. The van der Waals surface area contributed by atoms with Gasteiger partial charge in [-0.15, -0.1) is 6.58 Å². The molecule has 0 radical (unpaired) electrons. The van der Waals surface area contributed by atoms with Crippen LogP contribution in [0.3, 0.4) is 0 Å². The molecule has 0 aliphatic rings. The molecule has 0 aromatic heterocycles. The minimum Gasteiger partial charge on any atom is -0.493 e. The Morgan fingerprint density at radius 3 is 2.46 bits per heavy atom. The number of sulfonamides is 1. The maximum atomic E-state index is 12.7. The van der Waals surface area contributed by atoms with Crippen LogP contribution in [0.1, 0.15) is 10.4 Å². The maximum absolute atomic E-state index is 12.7. The molecule has 1 amide bonds. The van der Waals surface area contributed by atoms with Crippen molar-refractivity contribution in [2.45, 2.75) is 4.90 Å². The Morgan fingerprint density at radius 2 is 1.81 bits per heavy atom. The number of carbonyl (C=O) groups is 1. The number of nitrogens with one attached hydrogen (secondary N) is 2. The smallest absolute Gasteiger partial charge is 0.262 e. The van der Waals surface area contributed by atoms with Crippen LogP contribution in [0.25, 0.3) is 0 Å². The van der Waals surface area contributed by atoms with E-state index in [1.807, 2.05) is 0 Å². The predicted molar refractivity (Wildman–Crippen MR) is 99.3 cm³/mol. The zero-order valence-electron chi connectivity index (χ0n) is 14.5. The predicted octanol–water partition coefficient (Wildman–Crippen LogP) is 2.42. The van der Waals surface area contributed by atoms with E-state index >= 15 is 0 Å². The fraction of sp³-hybridized carbons (Fsp3) is 0.167. The van der Waals surface area contributed by atoms with Gasteiger partial charge in [0, 0.05) is 12.6 Å². The molecule has 0 heterocycles. The van der Waals surface area contributed by atoms with E-state index in [9.17, 15) is 13.2 Å². The van der Waals surface area contributed by atoms with Crippen molar-refractivity contribution in [3.63, 3.8) is 0 Å². The Morgan fingerprint density at radius 1 is 1.12 bits per heavy atom. The van der Waals surface area contributed by atoms with Crippen LogP contribution >= 0.6 is 0 Å². The summed E-state index contributed by atoms with van der Waals surface area (Å²) >= 11 is 0. The lowest BCUT2D eigenvalue weighted by Gasteiger charge is -2.14. The molecule has 0 unspecified atom stereocenters. The Kier molecular flexibility index (Phi) is 6.24. The van der Waals surface area contributed by atoms with Crippen molar-refractivity contribution in [1.29, 1.82) is 0 Å². The van der Waals surface area contributed by atoms with E-state index in [4.69, 9.17) is 9.47 Å². The van der Waals surface area contributed by atoms with E-state index in [2.05, 4.69) is 16.6 Å². The normalized spacial score (nSPS) is 10.7. The molecular weight excluding hydrogens is 356 g/mol. The highest BCUT2D eigenvalue weighted by Crippen LogP contribution is 2.30. The molecule has 0 aliphatic heterocycles. The summed E-state index contributed by atoms with van der Waals surface area (Å²) in [5.74, 6) is 0.290. The lowest BCUT2D eigenvalue weighted by atomic mass is 10.1. The summed E-state index contributed by atoms with van der Waals surface area (Å²) < 4.78 is 38.1. The standard InChI is InChI=1S/C18H20N2O5S/c1-4-11-19-18(21)14-7-5-6-8-15(14)20-26(22,23)13-9-10-16(24-2)17(12-13)25-3/h4-10,12,20H,1,11H2,2-3H3,(H,19,21). The van der Waals surface area contributed by atoms with E-state index in [0.29, 0.717) is 5.75 Å². The maximum Gasteiger partial charge on any atom is 0.262 e. The van der Waals surface area contributed by atoms with Crippen molar-refractivity contribution < 1.29 is 22.7 Å². The van der Waals surface area contributed by atoms with Gasteiger partial charge in [-0.2, -0.15) is 0 Å². The number of carbonyl (C=O) groups excluding carboxylic acids is 1. The van der Waals surface area contributed by atoms with E-state index in [-0.39, 0.29) is 28.4 Å². The van der Waals surface area contributed by atoms with E-state index in [0.717, 1.165) is 0 Å². The van der Waals surface area contributed by atoms with Gasteiger partial charge in [0.25, 0.3) is 15.9 Å². The molecule has 0 spiro atoms. The van der Waals surface area contributed by atoms with Crippen molar-refractivity contribution in [2.75, 3.05) is 25.5 Å². The number of hydrogen-bond donors (Lipinski definition) is 2. The number of methoxy groups -OCH3 is 2. The topological polar surface area (TPSA) is 93.7 Å². The highest BCUT2D eigenvalue weighted by molar-refractivity contribution is 7.92. The zero-order chi connectivity index (χ0) is 19.2. The number of anilines is 1. The number of rotatable bonds is 8. The Hall–Kier alpha value is -3.00. The highest BCUT2D eigenvalue weighted by atomic mass is 32.2. The summed E-state index contributed by atoms with van der Waals surface area (Å²) in [6.07, 6.45) is 1.54. The van der Waals surface area contributed by atoms with Crippen LogP contribution in [0.15, 0.2) is 60.0 Å². The summed E-state index contributed by atoms with van der Waals surface area (Å²) in [6, 6.07) is 10.6. The lowest BCUT2D eigenvalue weighted by molar-refractivity contribution is 0.0959. The molecule has 0 saturated heterocycles. The molecule has 26 heavy (non-hydrogen) atoms. The molecule has 0 saturated carbocycles. The van der Waals surface area contributed by atoms with E-state index in [1.54, 1.807) is 12.1 Å². The van der Waals surface area contributed by atoms with Crippen LogP contribution in [-0.2, 0) is 10.0 Å². The molecule has 138 valence electrons. The molecule has 2 N–H and O–H groups in total. The van der Waals surface area contributed by atoms with Gasteiger partial charge in [-0.05, 0) is 24.3 Å². The second-order valence-corrected chi connectivity index (χ2v) is 6.85. The van der Waals surface area contributed by atoms with Crippen LogP contribution < -0.4 is 19.5 Å². The van der Waals surface area contributed by atoms with Crippen molar-refractivity contribution in [1.82, 2.24) is 5.32 Å². The molecule has 2 aromatic rings. The number of hydrogen-bond acceptors (Lipinski definition) is 5. The molecule has 7 nitrogen and oxygen atoms in total. The van der Waals surface area contributed by atoms with Crippen LogP contribution in [0, 0.1) is 0 Å². The van der Waals surface area contributed by atoms with Crippen molar-refractivity contribution in [3.05, 3.63) is 60.7 Å². The van der Waals surface area contributed by atoms with Gasteiger partial charge in [-0.3, -0.25) is 9.52 Å². The first-order valence-electron chi connectivity index (χ1n) is 7.66. The van der Waals surface area contributed by atoms with Gasteiger partial charge in [0.15, 0.2) is 11.5 Å². The fourth-order valence-corrected chi connectivity index (χ4v) is 3.31. The number of para-hydroxylation sites is 1. The van der Waals surface area contributed by atoms with E-state index < -0.39 is 15.9 Å². The SMILES string of the molecule is C=CCNC(=O)c1ccccc1NS(=O)(=O)c1ccc(OC)c(OC)c1. The van der Waals surface area contributed by atoms with Crippen LogP contribution in [-0.4, -0.2) is 35.1 Å². The first kappa shape index (κ1) is 19.3. The minimum absolute atomic E-state index is 0.0172. The van der Waals surface area contributed by atoms with Crippen molar-refractivity contribution >= 4 is 21.6 Å². The number of benzene rings is 2. The molecule has 2 aromatic carbocycles. The van der Waals surface area contributed by atoms with Gasteiger partial charge in [0.1, 0.15) is 0 Å². The Balaban J connectivity index is 2.36. The van der Waals surface area contributed by atoms with Gasteiger partial charge in [-0.1, -0.05) is 18.2 Å². The molecule has 0 fully saturated rings. The second-order valence-electron chi connectivity index (χ2n) is 5.17. The quantitative estimate of drug-likeness (QED) is 0.690. The van der Waals surface area contributed by atoms with Crippen LogP contribution in [0.2, 0.25) is 0 Å². The highest BCUT2D eigenvalue weighted by Gasteiger charge is 2.20. The summed E-state index contributed by atoms with van der Waals surface area (Å²) in [6.45, 7) is 3.80. The summed E-state index contributed by atoms with van der Waals surface area (Å²) in [5, 5.41) is 2.62. The average molecular weight is 376 g/mol. The number of amides is 1. The van der Waals surface area contributed by atoms with Crippen molar-refractivity contribution in [3.8, 4) is 11.5 Å². The van der Waals surface area contributed by atoms with Gasteiger partial charge in [-0.25, -0.2) is 8.42 Å². The Labute approximate surface area is 152 Å². The largest absolute Gasteiger partial charge is 0.493 e. The van der Waals surface area contributed by atoms with Crippen molar-refractivity contribution in [2.24, 2.45) is 0 Å². The Bertz CT molecular complexity index is 910. The first-order chi connectivity index (χ1) is 12.4. The van der Waals surface area contributed by atoms with Gasteiger partial charge in [0.2, 0.25) is 0 Å². The molecule has 0 bridgehead atoms. The molecule has 0 aliphatic carbocycles. The monoisotopic (exact) mass is 376 g/mol. The van der Waals surface area contributed by atoms with Gasteiger partial charge >= 0.3 is 0 Å².